The minimum atomic E-state index is -0.169. The molecule has 0 radical (unpaired) electrons. The van der Waals surface area contributed by atoms with Gasteiger partial charge in [-0.2, -0.15) is 0 Å². The number of amides is 1. The first-order valence-corrected chi connectivity index (χ1v) is 7.42. The van der Waals surface area contributed by atoms with E-state index in [9.17, 15) is 4.79 Å². The van der Waals surface area contributed by atoms with Crippen LogP contribution in [-0.4, -0.2) is 43.2 Å². The van der Waals surface area contributed by atoms with Crippen molar-refractivity contribution in [2.45, 2.75) is 25.4 Å². The number of ether oxygens (including phenoxy) is 1. The van der Waals surface area contributed by atoms with Gasteiger partial charge in [0.1, 0.15) is 0 Å². The van der Waals surface area contributed by atoms with Crippen LogP contribution < -0.4 is 11.1 Å². The van der Waals surface area contributed by atoms with Crippen molar-refractivity contribution in [1.29, 1.82) is 0 Å². The largest absolute Gasteiger partial charge is 0.399 e. The van der Waals surface area contributed by atoms with E-state index in [0.29, 0.717) is 22.9 Å². The number of nitrogen functional groups attached to an aromatic ring is 1. The Morgan fingerprint density at radius 2 is 2.33 bits per heavy atom. The first kappa shape index (κ1) is 16.1. The number of nitrogens with zero attached hydrogens (tertiary/aromatic N) is 1. The van der Waals surface area contributed by atoms with E-state index in [-0.39, 0.29) is 11.5 Å². The van der Waals surface area contributed by atoms with Gasteiger partial charge in [0.2, 0.25) is 5.91 Å². The number of methoxy groups -OCH3 is 1. The van der Waals surface area contributed by atoms with Crippen LogP contribution in [0.4, 0.5) is 11.4 Å². The first-order chi connectivity index (χ1) is 9.92. The number of halogens is 1. The summed E-state index contributed by atoms with van der Waals surface area (Å²) >= 11 is 6.06. The molecule has 3 N–H and O–H groups in total. The van der Waals surface area contributed by atoms with E-state index in [1.54, 1.807) is 25.3 Å². The van der Waals surface area contributed by atoms with Gasteiger partial charge in [-0.15, -0.1) is 0 Å². The molecule has 116 valence electrons. The van der Waals surface area contributed by atoms with E-state index >= 15 is 0 Å². The third-order valence-corrected chi connectivity index (χ3v) is 4.18. The van der Waals surface area contributed by atoms with E-state index in [4.69, 9.17) is 22.1 Å². The highest BCUT2D eigenvalue weighted by Crippen LogP contribution is 2.25. The summed E-state index contributed by atoms with van der Waals surface area (Å²) in [4.78, 5) is 14.2. The second-order valence-corrected chi connectivity index (χ2v) is 6.16. The molecule has 1 fully saturated rings. The molecule has 1 aromatic rings. The fourth-order valence-electron chi connectivity index (χ4n) is 2.63. The highest BCUT2D eigenvalue weighted by atomic mass is 35.5. The molecule has 0 saturated carbocycles. The molecule has 1 atom stereocenters. The van der Waals surface area contributed by atoms with Gasteiger partial charge in [0.25, 0.3) is 0 Å². The molecule has 0 aromatic heterocycles. The molecule has 1 aromatic carbocycles. The summed E-state index contributed by atoms with van der Waals surface area (Å²) in [6, 6.07) is 5.05. The van der Waals surface area contributed by atoms with Crippen LogP contribution in [0.25, 0.3) is 0 Å². The number of nitrogens with two attached hydrogens (primary N) is 1. The highest BCUT2D eigenvalue weighted by molar-refractivity contribution is 6.34. The summed E-state index contributed by atoms with van der Waals surface area (Å²) in [6.45, 7) is 4.07. The SMILES string of the molecule is COC1(C)CCCN(CC(=O)Nc2ccc(N)cc2Cl)C1. The van der Waals surface area contributed by atoms with Crippen LogP contribution >= 0.6 is 11.6 Å². The quantitative estimate of drug-likeness (QED) is 0.838. The lowest BCUT2D eigenvalue weighted by molar-refractivity contribution is -0.119. The molecule has 0 aliphatic carbocycles. The van der Waals surface area contributed by atoms with E-state index in [1.807, 2.05) is 0 Å². The number of hydrogen-bond acceptors (Lipinski definition) is 4. The standard InChI is InChI=1S/C15H22ClN3O2/c1-15(21-2)6-3-7-19(10-15)9-14(20)18-13-5-4-11(17)8-12(13)16/h4-5,8H,3,6-7,9-10,17H2,1-2H3,(H,18,20). The summed E-state index contributed by atoms with van der Waals surface area (Å²) in [7, 11) is 1.72. The van der Waals surface area contributed by atoms with Gasteiger partial charge in [-0.25, -0.2) is 0 Å². The Bertz CT molecular complexity index is 524. The van der Waals surface area contributed by atoms with Gasteiger partial charge in [-0.1, -0.05) is 11.6 Å². The molecule has 1 saturated heterocycles. The van der Waals surface area contributed by atoms with Gasteiger partial charge in [0.15, 0.2) is 0 Å². The van der Waals surface area contributed by atoms with Crippen molar-refractivity contribution in [3.05, 3.63) is 23.2 Å². The van der Waals surface area contributed by atoms with E-state index < -0.39 is 0 Å². The van der Waals surface area contributed by atoms with Gasteiger partial charge in [0.05, 0.1) is 22.9 Å². The predicted molar refractivity (Wildman–Crippen MR) is 85.6 cm³/mol. The predicted octanol–water partition coefficient (Wildman–Crippen LogP) is 2.36. The van der Waals surface area contributed by atoms with Crippen LogP contribution in [0.2, 0.25) is 5.02 Å². The number of carbonyl (C=O) groups is 1. The number of nitrogens with one attached hydrogen (secondary N) is 1. The lowest BCUT2D eigenvalue weighted by Crippen LogP contribution is -2.49. The summed E-state index contributed by atoms with van der Waals surface area (Å²) < 4.78 is 5.53. The van der Waals surface area contributed by atoms with Crippen LogP contribution in [0.15, 0.2) is 18.2 Å². The van der Waals surface area contributed by atoms with Crippen molar-refractivity contribution < 1.29 is 9.53 Å². The Morgan fingerprint density at radius 1 is 1.57 bits per heavy atom. The maximum Gasteiger partial charge on any atom is 0.238 e. The highest BCUT2D eigenvalue weighted by Gasteiger charge is 2.31. The maximum atomic E-state index is 12.1. The average Bonchev–Trinajstić information content (AvgIpc) is 2.42. The van der Waals surface area contributed by atoms with Gasteiger partial charge in [-0.3, -0.25) is 9.69 Å². The minimum Gasteiger partial charge on any atom is -0.399 e. The Balaban J connectivity index is 1.92. The Morgan fingerprint density at radius 3 is 3.00 bits per heavy atom. The summed E-state index contributed by atoms with van der Waals surface area (Å²) in [5.74, 6) is -0.0815. The van der Waals surface area contributed by atoms with E-state index in [0.717, 1.165) is 25.9 Å². The second-order valence-electron chi connectivity index (χ2n) is 5.76. The van der Waals surface area contributed by atoms with Crippen LogP contribution in [0.1, 0.15) is 19.8 Å². The molecule has 21 heavy (non-hydrogen) atoms. The summed E-state index contributed by atoms with van der Waals surface area (Å²) in [5.41, 5.74) is 6.62. The van der Waals surface area contributed by atoms with Crippen LogP contribution in [0.5, 0.6) is 0 Å². The molecule has 1 unspecified atom stereocenters. The monoisotopic (exact) mass is 311 g/mol. The lowest BCUT2D eigenvalue weighted by Gasteiger charge is -2.39. The van der Waals surface area contributed by atoms with Crippen molar-refractivity contribution in [1.82, 2.24) is 4.90 Å². The molecule has 1 heterocycles. The number of likely N-dealkylation sites (tertiary alicyclic amines) is 1. The average molecular weight is 312 g/mol. The fraction of sp³-hybridized carbons (Fsp3) is 0.533. The van der Waals surface area contributed by atoms with E-state index in [1.165, 1.54) is 0 Å². The summed E-state index contributed by atoms with van der Waals surface area (Å²) in [5, 5.41) is 3.27. The zero-order valence-electron chi connectivity index (χ0n) is 12.5. The molecule has 0 bridgehead atoms. The zero-order valence-corrected chi connectivity index (χ0v) is 13.2. The minimum absolute atomic E-state index is 0.0815. The molecular formula is C15H22ClN3O2. The van der Waals surface area contributed by atoms with E-state index in [2.05, 4.69) is 17.1 Å². The van der Waals surface area contributed by atoms with Crippen molar-refractivity contribution in [3.63, 3.8) is 0 Å². The third-order valence-electron chi connectivity index (χ3n) is 3.87. The van der Waals surface area contributed by atoms with Crippen molar-refractivity contribution in [2.24, 2.45) is 0 Å². The Hall–Kier alpha value is -1.30. The molecule has 1 aliphatic rings. The smallest absolute Gasteiger partial charge is 0.238 e. The lowest BCUT2D eigenvalue weighted by atomic mass is 9.95. The molecule has 1 aliphatic heterocycles. The molecular weight excluding hydrogens is 290 g/mol. The van der Waals surface area contributed by atoms with Crippen molar-refractivity contribution in [3.8, 4) is 0 Å². The zero-order chi connectivity index (χ0) is 15.5. The summed E-state index contributed by atoms with van der Waals surface area (Å²) in [6.07, 6.45) is 2.05. The second kappa shape index (κ2) is 6.64. The van der Waals surface area contributed by atoms with Crippen LogP contribution in [-0.2, 0) is 9.53 Å². The normalized spacial score (nSPS) is 23.0. The fourth-order valence-corrected chi connectivity index (χ4v) is 2.87. The molecule has 1 amide bonds. The Kier molecular flexibility index (Phi) is 5.08. The van der Waals surface area contributed by atoms with Gasteiger partial charge >= 0.3 is 0 Å². The van der Waals surface area contributed by atoms with Crippen molar-refractivity contribution in [2.75, 3.05) is 37.8 Å². The third kappa shape index (κ3) is 4.33. The van der Waals surface area contributed by atoms with Gasteiger partial charge in [-0.05, 0) is 44.5 Å². The molecule has 5 nitrogen and oxygen atoms in total. The number of anilines is 2. The number of benzene rings is 1. The van der Waals surface area contributed by atoms with Gasteiger partial charge in [0, 0.05) is 19.3 Å². The molecule has 2 rings (SSSR count). The Labute approximate surface area is 130 Å². The molecule has 6 heteroatoms. The number of piperidine rings is 1. The number of carbonyl (C=O) groups excluding carboxylic acids is 1. The van der Waals surface area contributed by atoms with Crippen molar-refractivity contribution >= 4 is 28.9 Å². The van der Waals surface area contributed by atoms with Crippen LogP contribution in [0.3, 0.4) is 0 Å². The molecule has 0 spiro atoms. The first-order valence-electron chi connectivity index (χ1n) is 7.04. The topological polar surface area (TPSA) is 67.6 Å². The number of rotatable bonds is 4. The van der Waals surface area contributed by atoms with Crippen LogP contribution in [0, 0.1) is 0 Å². The maximum absolute atomic E-state index is 12.1. The van der Waals surface area contributed by atoms with Gasteiger partial charge < -0.3 is 15.8 Å². The number of hydrogen-bond donors (Lipinski definition) is 2.